The minimum Gasteiger partial charge on any atom is -0.348 e. The topological polar surface area (TPSA) is 39.1 Å². The van der Waals surface area contributed by atoms with Gasteiger partial charge >= 0.3 is 0 Å². The highest BCUT2D eigenvalue weighted by Gasteiger charge is 2.13. The molecule has 0 spiro atoms. The molecule has 58 valence electrons. The first-order chi connectivity index (χ1) is 4.70. The first kappa shape index (κ1) is 7.54. The third-order valence-corrected chi connectivity index (χ3v) is 1.94. The average Bonchev–Trinajstić information content (AvgIpc) is 1.88. The van der Waals surface area contributed by atoms with Crippen LogP contribution in [0.2, 0.25) is 0 Å². The maximum atomic E-state index is 7.34. The van der Waals surface area contributed by atoms with Crippen molar-refractivity contribution < 1.29 is 0 Å². The Morgan fingerprint density at radius 2 is 2.40 bits per heavy atom. The van der Waals surface area contributed by atoms with E-state index in [9.17, 15) is 0 Å². The quantitative estimate of drug-likeness (QED) is 0.383. The van der Waals surface area contributed by atoms with Crippen molar-refractivity contribution in [3.05, 3.63) is 0 Å². The molecule has 1 fully saturated rings. The molecule has 2 N–H and O–H groups in total. The molecule has 10 heavy (non-hydrogen) atoms. The molecular weight excluding hydrogens is 126 g/mol. The molecule has 0 aromatic heterocycles. The largest absolute Gasteiger partial charge is 0.348 e. The van der Waals surface area contributed by atoms with Crippen LogP contribution in [0, 0.1) is 5.41 Å². The summed E-state index contributed by atoms with van der Waals surface area (Å²) in [6, 6.07) is 0.621. The molecule has 0 saturated carbocycles. The molecule has 1 saturated heterocycles. The zero-order chi connectivity index (χ0) is 7.56. The predicted octanol–water partition coefficient (Wildman–Crippen LogP) is 0.625. The van der Waals surface area contributed by atoms with Crippen molar-refractivity contribution in [3.8, 4) is 0 Å². The molecule has 1 aliphatic rings. The van der Waals surface area contributed by atoms with Crippen LogP contribution >= 0.6 is 0 Å². The zero-order valence-electron chi connectivity index (χ0n) is 6.65. The number of nitrogens with zero attached hydrogens (tertiary/aromatic N) is 1. The van der Waals surface area contributed by atoms with Gasteiger partial charge in [-0.3, -0.25) is 10.7 Å². The lowest BCUT2D eigenvalue weighted by molar-refractivity contribution is 0.276. The maximum Gasteiger partial charge on any atom is 0.0936 e. The van der Waals surface area contributed by atoms with Crippen molar-refractivity contribution in [2.75, 3.05) is 13.2 Å². The third-order valence-electron chi connectivity index (χ3n) is 1.94. The van der Waals surface area contributed by atoms with Gasteiger partial charge < -0.3 is 4.90 Å². The molecule has 1 aliphatic heterocycles. The number of amidine groups is 1. The molecule has 0 aliphatic carbocycles. The van der Waals surface area contributed by atoms with E-state index >= 15 is 0 Å². The lowest BCUT2D eigenvalue weighted by Gasteiger charge is -2.31. The molecule has 1 heterocycles. The summed E-state index contributed by atoms with van der Waals surface area (Å²) in [7, 11) is 0. The molecule has 1 atom stereocenters. The minimum absolute atomic E-state index is 0.621. The number of nitrogens with one attached hydrogen (secondary N) is 2. The van der Waals surface area contributed by atoms with Crippen LogP contribution in [0.1, 0.15) is 20.3 Å². The van der Waals surface area contributed by atoms with Gasteiger partial charge in [-0.25, -0.2) is 0 Å². The summed E-state index contributed by atoms with van der Waals surface area (Å²) >= 11 is 0. The van der Waals surface area contributed by atoms with Crippen molar-refractivity contribution in [2.45, 2.75) is 26.3 Å². The normalized spacial score (nSPS) is 26.6. The predicted molar refractivity (Wildman–Crippen MR) is 42.2 cm³/mol. The fraction of sp³-hybridized carbons (Fsp3) is 0.857. The Morgan fingerprint density at radius 3 is 2.80 bits per heavy atom. The Balaban J connectivity index is 2.33. The molecule has 0 bridgehead atoms. The fourth-order valence-corrected chi connectivity index (χ4v) is 1.08. The van der Waals surface area contributed by atoms with Gasteiger partial charge in [-0.05, 0) is 20.3 Å². The van der Waals surface area contributed by atoms with Gasteiger partial charge in [0, 0.05) is 12.6 Å². The summed E-state index contributed by atoms with van der Waals surface area (Å²) in [6.07, 6.45) is 1.15. The number of hydrogen-bond acceptors (Lipinski definition) is 2. The van der Waals surface area contributed by atoms with Crippen LogP contribution in [0.5, 0.6) is 0 Å². The van der Waals surface area contributed by atoms with E-state index in [1.54, 1.807) is 0 Å². The standard InChI is InChI=1S/C7H15N3/c1-6-3-4-10(5-9-6)7(2)8/h6,8-9H,3-5H2,1-2H3. The molecule has 0 aromatic rings. The van der Waals surface area contributed by atoms with E-state index in [4.69, 9.17) is 5.41 Å². The van der Waals surface area contributed by atoms with Crippen LogP contribution in [0.15, 0.2) is 0 Å². The van der Waals surface area contributed by atoms with Crippen LogP contribution in [-0.2, 0) is 0 Å². The monoisotopic (exact) mass is 141 g/mol. The Morgan fingerprint density at radius 1 is 1.70 bits per heavy atom. The lowest BCUT2D eigenvalue weighted by Crippen LogP contribution is -2.47. The van der Waals surface area contributed by atoms with Crippen LogP contribution < -0.4 is 5.32 Å². The molecule has 0 radical (unpaired) electrons. The van der Waals surface area contributed by atoms with Crippen molar-refractivity contribution in [3.63, 3.8) is 0 Å². The van der Waals surface area contributed by atoms with E-state index in [0.29, 0.717) is 11.9 Å². The Kier molecular flexibility index (Phi) is 2.27. The number of hydrogen-bond donors (Lipinski definition) is 2. The van der Waals surface area contributed by atoms with Crippen LogP contribution in [0.4, 0.5) is 0 Å². The second-order valence-corrected chi connectivity index (χ2v) is 2.90. The van der Waals surface area contributed by atoms with Gasteiger partial charge in [-0.1, -0.05) is 0 Å². The first-order valence-corrected chi connectivity index (χ1v) is 3.73. The van der Waals surface area contributed by atoms with Crippen molar-refractivity contribution in [1.82, 2.24) is 10.2 Å². The van der Waals surface area contributed by atoms with Crippen molar-refractivity contribution >= 4 is 5.84 Å². The Labute approximate surface area is 61.9 Å². The first-order valence-electron chi connectivity index (χ1n) is 3.73. The van der Waals surface area contributed by atoms with Crippen LogP contribution in [0.3, 0.4) is 0 Å². The fourth-order valence-electron chi connectivity index (χ4n) is 1.08. The highest BCUT2D eigenvalue weighted by molar-refractivity contribution is 5.76. The highest BCUT2D eigenvalue weighted by atomic mass is 15.3. The van der Waals surface area contributed by atoms with E-state index in [-0.39, 0.29) is 0 Å². The molecule has 1 unspecified atom stereocenters. The van der Waals surface area contributed by atoms with E-state index in [1.165, 1.54) is 0 Å². The smallest absolute Gasteiger partial charge is 0.0936 e. The molecule has 3 nitrogen and oxygen atoms in total. The lowest BCUT2D eigenvalue weighted by atomic mass is 10.2. The zero-order valence-corrected chi connectivity index (χ0v) is 6.65. The summed E-state index contributed by atoms with van der Waals surface area (Å²) in [5.41, 5.74) is 0. The van der Waals surface area contributed by atoms with E-state index in [0.717, 1.165) is 19.6 Å². The Hall–Kier alpha value is -0.570. The van der Waals surface area contributed by atoms with Crippen LogP contribution in [0.25, 0.3) is 0 Å². The second-order valence-electron chi connectivity index (χ2n) is 2.90. The van der Waals surface area contributed by atoms with Crippen LogP contribution in [-0.4, -0.2) is 30.0 Å². The number of rotatable bonds is 0. The van der Waals surface area contributed by atoms with Crippen molar-refractivity contribution in [1.29, 1.82) is 5.41 Å². The molecular formula is C7H15N3. The molecule has 0 amide bonds. The van der Waals surface area contributed by atoms with Gasteiger partial charge in [-0.2, -0.15) is 0 Å². The maximum absolute atomic E-state index is 7.34. The SMILES string of the molecule is CC(=N)N1CCC(C)NC1. The van der Waals surface area contributed by atoms with Gasteiger partial charge in [0.15, 0.2) is 0 Å². The van der Waals surface area contributed by atoms with Gasteiger partial charge in [-0.15, -0.1) is 0 Å². The summed E-state index contributed by atoms with van der Waals surface area (Å²) in [5, 5.41) is 10.6. The summed E-state index contributed by atoms with van der Waals surface area (Å²) in [4.78, 5) is 2.04. The average molecular weight is 141 g/mol. The van der Waals surface area contributed by atoms with Gasteiger partial charge in [0.05, 0.1) is 12.5 Å². The Bertz CT molecular complexity index is 125. The minimum atomic E-state index is 0.621. The van der Waals surface area contributed by atoms with E-state index in [2.05, 4.69) is 12.2 Å². The molecule has 1 rings (SSSR count). The highest BCUT2D eigenvalue weighted by Crippen LogP contribution is 2.01. The van der Waals surface area contributed by atoms with Crippen molar-refractivity contribution in [2.24, 2.45) is 0 Å². The third kappa shape index (κ3) is 1.70. The van der Waals surface area contributed by atoms with Gasteiger partial charge in [0.1, 0.15) is 0 Å². The second kappa shape index (κ2) is 3.01. The summed E-state index contributed by atoms with van der Waals surface area (Å²) in [5.74, 6) is 0.666. The molecule has 3 heteroatoms. The van der Waals surface area contributed by atoms with E-state index in [1.807, 2.05) is 11.8 Å². The summed E-state index contributed by atoms with van der Waals surface area (Å²) < 4.78 is 0. The van der Waals surface area contributed by atoms with Gasteiger partial charge in [0.25, 0.3) is 0 Å². The summed E-state index contributed by atoms with van der Waals surface area (Å²) in [6.45, 7) is 5.88. The molecule has 0 aromatic carbocycles. The van der Waals surface area contributed by atoms with E-state index < -0.39 is 0 Å². The van der Waals surface area contributed by atoms with Gasteiger partial charge in [0.2, 0.25) is 0 Å².